The summed E-state index contributed by atoms with van der Waals surface area (Å²) in [4.78, 5) is 35.8. The second-order valence-electron chi connectivity index (χ2n) is 7.66. The van der Waals surface area contributed by atoms with Gasteiger partial charge in [0.05, 0.1) is 28.8 Å². The Kier molecular flexibility index (Phi) is 5.42. The zero-order chi connectivity index (χ0) is 24.5. The van der Waals surface area contributed by atoms with Crippen LogP contribution in [-0.4, -0.2) is 33.6 Å². The molecule has 3 aromatic carbocycles. The summed E-state index contributed by atoms with van der Waals surface area (Å²) in [6, 6.07) is 19.9. The molecule has 9 nitrogen and oxygen atoms in total. The van der Waals surface area contributed by atoms with E-state index in [2.05, 4.69) is 5.10 Å². The van der Waals surface area contributed by atoms with Crippen molar-refractivity contribution in [1.29, 1.82) is 0 Å². The maximum Gasteiger partial charge on any atom is 0.337 e. The number of nitrogens with zero attached hydrogens (tertiary/aromatic N) is 3. The van der Waals surface area contributed by atoms with Crippen LogP contribution in [0.3, 0.4) is 0 Å². The van der Waals surface area contributed by atoms with Crippen molar-refractivity contribution in [2.24, 2.45) is 0 Å². The molecule has 1 aromatic heterocycles. The molecule has 172 valence electrons. The highest BCUT2D eigenvalue weighted by Crippen LogP contribution is 2.35. The standard InChI is InChI=1S/C26H17N3O6/c1-34-26(31)17-10-11-22-21(13-17)25(30)23(35-22)14-18-15-28(19-7-3-2-4-8-19)27-24(18)16-6-5-9-20(12-16)29(32)33/h2-15H,1H3/b23-14-. The summed E-state index contributed by atoms with van der Waals surface area (Å²) in [6.07, 6.45) is 3.26. The maximum absolute atomic E-state index is 13.1. The van der Waals surface area contributed by atoms with Gasteiger partial charge >= 0.3 is 5.97 Å². The van der Waals surface area contributed by atoms with E-state index in [4.69, 9.17) is 9.47 Å². The highest BCUT2D eigenvalue weighted by Gasteiger charge is 2.29. The number of hydrogen-bond acceptors (Lipinski definition) is 7. The molecule has 0 radical (unpaired) electrons. The SMILES string of the molecule is COC(=O)c1ccc2c(c1)C(=O)/C(=C/c1cn(-c3ccccc3)nc1-c1cccc([N+](=O)[O-])c1)O2. The van der Waals surface area contributed by atoms with Gasteiger partial charge < -0.3 is 9.47 Å². The number of nitro benzene ring substituents is 1. The number of allylic oxidation sites excluding steroid dienone is 1. The summed E-state index contributed by atoms with van der Waals surface area (Å²) in [5.74, 6) is -0.596. The number of Topliss-reactive ketones (excluding diaryl/α,β-unsaturated/α-hetero) is 1. The van der Waals surface area contributed by atoms with Crippen LogP contribution in [0.5, 0.6) is 5.75 Å². The number of carbonyl (C=O) groups is 2. The molecule has 4 aromatic rings. The van der Waals surface area contributed by atoms with Crippen LogP contribution in [0.1, 0.15) is 26.3 Å². The average Bonchev–Trinajstić information content (AvgIpc) is 3.45. The molecule has 9 heteroatoms. The first-order valence-corrected chi connectivity index (χ1v) is 10.5. The fourth-order valence-corrected chi connectivity index (χ4v) is 3.77. The summed E-state index contributed by atoms with van der Waals surface area (Å²) in [5, 5.41) is 15.9. The molecule has 0 bridgehead atoms. The highest BCUT2D eigenvalue weighted by molar-refractivity contribution is 6.15. The number of para-hydroxylation sites is 1. The molecule has 2 heterocycles. The summed E-state index contributed by atoms with van der Waals surface area (Å²) in [7, 11) is 1.26. The number of hydrogen-bond donors (Lipinski definition) is 0. The van der Waals surface area contributed by atoms with Crippen LogP contribution in [0.4, 0.5) is 5.69 Å². The molecule has 0 fully saturated rings. The molecule has 0 spiro atoms. The minimum atomic E-state index is -0.560. The molecule has 1 aliphatic rings. The Morgan fingerprint density at radius 1 is 1.09 bits per heavy atom. The normalized spacial score (nSPS) is 13.4. The Labute approximate surface area is 199 Å². The van der Waals surface area contributed by atoms with Gasteiger partial charge in [-0.15, -0.1) is 0 Å². The lowest BCUT2D eigenvalue weighted by Gasteiger charge is -2.01. The van der Waals surface area contributed by atoms with Gasteiger partial charge in [0.15, 0.2) is 5.76 Å². The van der Waals surface area contributed by atoms with Gasteiger partial charge in [0.2, 0.25) is 5.78 Å². The van der Waals surface area contributed by atoms with E-state index in [1.54, 1.807) is 29.1 Å². The van der Waals surface area contributed by atoms with E-state index in [0.29, 0.717) is 22.6 Å². The van der Waals surface area contributed by atoms with Crippen LogP contribution in [0.2, 0.25) is 0 Å². The molecule has 1 aliphatic heterocycles. The van der Waals surface area contributed by atoms with E-state index in [9.17, 15) is 19.7 Å². The van der Waals surface area contributed by atoms with Gasteiger partial charge in [0, 0.05) is 29.5 Å². The lowest BCUT2D eigenvalue weighted by atomic mass is 10.0. The van der Waals surface area contributed by atoms with Crippen molar-refractivity contribution in [3.63, 3.8) is 0 Å². The highest BCUT2D eigenvalue weighted by atomic mass is 16.6. The molecule has 0 aliphatic carbocycles. The number of esters is 1. The fraction of sp³-hybridized carbons (Fsp3) is 0.0385. The summed E-state index contributed by atoms with van der Waals surface area (Å²) < 4.78 is 12.1. The number of rotatable bonds is 5. The van der Waals surface area contributed by atoms with Crippen molar-refractivity contribution in [3.8, 4) is 22.7 Å². The van der Waals surface area contributed by atoms with Crippen LogP contribution in [0, 0.1) is 10.1 Å². The molecular weight excluding hydrogens is 450 g/mol. The third-order valence-electron chi connectivity index (χ3n) is 5.47. The van der Waals surface area contributed by atoms with Crippen molar-refractivity contribution in [2.75, 3.05) is 7.11 Å². The topological polar surface area (TPSA) is 114 Å². The first-order valence-electron chi connectivity index (χ1n) is 10.5. The lowest BCUT2D eigenvalue weighted by Crippen LogP contribution is -2.03. The number of aromatic nitrogens is 2. The molecule has 35 heavy (non-hydrogen) atoms. The summed E-state index contributed by atoms with van der Waals surface area (Å²) >= 11 is 0. The molecule has 0 N–H and O–H groups in total. The van der Waals surface area contributed by atoms with Gasteiger partial charge in [-0.25, -0.2) is 9.48 Å². The predicted octanol–water partition coefficient (Wildman–Crippen LogP) is 4.85. The number of ether oxygens (including phenoxy) is 2. The van der Waals surface area contributed by atoms with Crippen LogP contribution < -0.4 is 4.74 Å². The number of nitro groups is 1. The van der Waals surface area contributed by atoms with Gasteiger partial charge in [-0.05, 0) is 36.4 Å². The quantitative estimate of drug-likeness (QED) is 0.178. The number of fused-ring (bicyclic) bond motifs is 1. The van der Waals surface area contributed by atoms with Crippen LogP contribution >= 0.6 is 0 Å². The van der Waals surface area contributed by atoms with Gasteiger partial charge in [0.25, 0.3) is 5.69 Å². The second-order valence-corrected chi connectivity index (χ2v) is 7.66. The van der Waals surface area contributed by atoms with E-state index in [0.717, 1.165) is 5.69 Å². The largest absolute Gasteiger partial charge is 0.465 e. The zero-order valence-corrected chi connectivity index (χ0v) is 18.4. The Bertz CT molecular complexity index is 1520. The molecule has 5 rings (SSSR count). The predicted molar refractivity (Wildman–Crippen MR) is 126 cm³/mol. The molecule has 0 saturated carbocycles. The smallest absolute Gasteiger partial charge is 0.337 e. The summed E-state index contributed by atoms with van der Waals surface area (Å²) in [5.41, 5.74) is 2.65. The van der Waals surface area contributed by atoms with Gasteiger partial charge in [-0.2, -0.15) is 5.10 Å². The van der Waals surface area contributed by atoms with Crippen LogP contribution in [0.15, 0.2) is 84.8 Å². The Morgan fingerprint density at radius 2 is 1.89 bits per heavy atom. The van der Waals surface area contributed by atoms with E-state index in [-0.39, 0.29) is 22.6 Å². The Hall–Kier alpha value is -5.05. The average molecular weight is 467 g/mol. The molecule has 0 unspecified atom stereocenters. The van der Waals surface area contributed by atoms with E-state index in [1.807, 2.05) is 30.3 Å². The first kappa shape index (κ1) is 21.8. The zero-order valence-electron chi connectivity index (χ0n) is 18.4. The number of ketones is 1. The number of methoxy groups -OCH3 is 1. The van der Waals surface area contributed by atoms with Crippen molar-refractivity contribution in [2.45, 2.75) is 0 Å². The minimum Gasteiger partial charge on any atom is -0.465 e. The monoisotopic (exact) mass is 467 g/mol. The molecular formula is C26H17N3O6. The Morgan fingerprint density at radius 3 is 2.63 bits per heavy atom. The Balaban J connectivity index is 1.60. The van der Waals surface area contributed by atoms with Crippen molar-refractivity contribution >= 4 is 23.5 Å². The van der Waals surface area contributed by atoms with E-state index < -0.39 is 16.7 Å². The number of benzene rings is 3. The second kappa shape index (κ2) is 8.71. The van der Waals surface area contributed by atoms with Crippen molar-refractivity contribution in [3.05, 3.63) is 112 Å². The van der Waals surface area contributed by atoms with Crippen molar-refractivity contribution in [1.82, 2.24) is 9.78 Å². The van der Waals surface area contributed by atoms with Gasteiger partial charge in [0.1, 0.15) is 11.4 Å². The van der Waals surface area contributed by atoms with Gasteiger partial charge in [-0.3, -0.25) is 14.9 Å². The third kappa shape index (κ3) is 4.06. The fourth-order valence-electron chi connectivity index (χ4n) is 3.77. The molecule has 0 atom stereocenters. The lowest BCUT2D eigenvalue weighted by molar-refractivity contribution is -0.384. The molecule has 0 amide bonds. The third-order valence-corrected chi connectivity index (χ3v) is 5.47. The van der Waals surface area contributed by atoms with Crippen molar-refractivity contribution < 1.29 is 24.0 Å². The number of non-ortho nitro benzene ring substituents is 1. The van der Waals surface area contributed by atoms with Crippen LogP contribution in [0.25, 0.3) is 23.0 Å². The summed E-state index contributed by atoms with van der Waals surface area (Å²) in [6.45, 7) is 0. The van der Waals surface area contributed by atoms with E-state index in [1.165, 1.54) is 37.4 Å². The van der Waals surface area contributed by atoms with Gasteiger partial charge in [-0.1, -0.05) is 30.3 Å². The van der Waals surface area contributed by atoms with E-state index >= 15 is 0 Å². The first-order chi connectivity index (χ1) is 16.9. The van der Waals surface area contributed by atoms with Crippen LogP contribution in [-0.2, 0) is 4.74 Å². The minimum absolute atomic E-state index is 0.0429. The molecule has 0 saturated heterocycles. The maximum atomic E-state index is 13.1. The number of carbonyl (C=O) groups excluding carboxylic acids is 2.